The van der Waals surface area contributed by atoms with Gasteiger partial charge in [-0.2, -0.15) is 0 Å². The van der Waals surface area contributed by atoms with E-state index in [0.29, 0.717) is 5.92 Å². The lowest BCUT2D eigenvalue weighted by molar-refractivity contribution is 0.406. The van der Waals surface area contributed by atoms with Gasteiger partial charge < -0.3 is 4.90 Å². The first-order chi connectivity index (χ1) is 11.3. The number of allylic oxidation sites excluding steroid dienone is 4. The van der Waals surface area contributed by atoms with Crippen LogP contribution in [0.3, 0.4) is 0 Å². The van der Waals surface area contributed by atoms with Crippen LogP contribution in [-0.4, -0.2) is 13.6 Å². The highest BCUT2D eigenvalue weighted by atomic mass is 15.1. The monoisotopic (exact) mass is 307 g/mol. The number of fused-ring (bicyclic) bond motifs is 1. The number of benzene rings is 1. The van der Waals surface area contributed by atoms with Gasteiger partial charge in [-0.05, 0) is 60.8 Å². The molecule has 2 aliphatic carbocycles. The maximum atomic E-state index is 2.53. The molecule has 4 rings (SSSR count). The molecule has 1 nitrogen and oxygen atoms in total. The predicted molar refractivity (Wildman–Crippen MR) is 99.2 cm³/mol. The quantitative estimate of drug-likeness (QED) is 0.685. The second-order valence-electron chi connectivity index (χ2n) is 7.65. The molecule has 0 aromatic heterocycles. The van der Waals surface area contributed by atoms with Crippen LogP contribution in [0, 0.1) is 5.92 Å². The highest BCUT2D eigenvalue weighted by Crippen LogP contribution is 2.37. The van der Waals surface area contributed by atoms with Crippen molar-refractivity contribution in [2.45, 2.75) is 57.3 Å². The van der Waals surface area contributed by atoms with Crippen LogP contribution in [0.25, 0.3) is 0 Å². The Morgan fingerprint density at radius 3 is 2.70 bits per heavy atom. The summed E-state index contributed by atoms with van der Waals surface area (Å²) >= 11 is 0. The van der Waals surface area contributed by atoms with Gasteiger partial charge in [-0.15, -0.1) is 0 Å². The smallest absolute Gasteiger partial charge is 0.0396 e. The van der Waals surface area contributed by atoms with Crippen LogP contribution < -0.4 is 4.90 Å². The summed E-state index contributed by atoms with van der Waals surface area (Å²) in [4.78, 5) is 2.40. The average Bonchev–Trinajstić information content (AvgIpc) is 2.63. The molecule has 0 amide bonds. The summed E-state index contributed by atoms with van der Waals surface area (Å²) < 4.78 is 0. The van der Waals surface area contributed by atoms with Gasteiger partial charge >= 0.3 is 0 Å². The summed E-state index contributed by atoms with van der Waals surface area (Å²) in [5.41, 5.74) is 6.12. The Hall–Kier alpha value is -1.50. The van der Waals surface area contributed by atoms with Gasteiger partial charge in [-0.3, -0.25) is 0 Å². The van der Waals surface area contributed by atoms with Crippen molar-refractivity contribution in [3.8, 4) is 0 Å². The van der Waals surface area contributed by atoms with Crippen molar-refractivity contribution < 1.29 is 0 Å². The molecule has 0 bridgehead atoms. The van der Waals surface area contributed by atoms with Gasteiger partial charge in [0.05, 0.1) is 0 Å². The first-order valence-corrected chi connectivity index (χ1v) is 9.53. The summed E-state index contributed by atoms with van der Waals surface area (Å²) in [5.74, 6) is 1.43. The Bertz CT molecular complexity index is 619. The molecule has 1 aromatic rings. The molecule has 1 heteroatoms. The molecule has 3 aliphatic rings. The Morgan fingerprint density at radius 2 is 1.91 bits per heavy atom. The maximum Gasteiger partial charge on any atom is 0.0396 e. The van der Waals surface area contributed by atoms with Gasteiger partial charge in [0.2, 0.25) is 0 Å². The average molecular weight is 307 g/mol. The highest BCUT2D eigenvalue weighted by molar-refractivity contribution is 5.57. The van der Waals surface area contributed by atoms with Crippen LogP contribution in [0.5, 0.6) is 0 Å². The van der Waals surface area contributed by atoms with Crippen LogP contribution in [0.4, 0.5) is 5.69 Å². The number of nitrogens with zero attached hydrogens (tertiary/aromatic N) is 1. The first-order valence-electron chi connectivity index (χ1n) is 9.53. The Balaban J connectivity index is 1.48. The van der Waals surface area contributed by atoms with Gasteiger partial charge in [-0.25, -0.2) is 0 Å². The zero-order chi connectivity index (χ0) is 15.6. The summed E-state index contributed by atoms with van der Waals surface area (Å²) in [6.07, 6.45) is 18.3. The van der Waals surface area contributed by atoms with Crippen LogP contribution in [0.1, 0.15) is 62.0 Å². The molecule has 23 heavy (non-hydrogen) atoms. The molecule has 1 saturated carbocycles. The highest BCUT2D eigenvalue weighted by Gasteiger charge is 2.21. The van der Waals surface area contributed by atoms with Gasteiger partial charge in [0, 0.05) is 25.2 Å². The topological polar surface area (TPSA) is 3.24 Å². The third kappa shape index (κ3) is 3.11. The molecule has 0 N–H and O–H groups in total. The largest absolute Gasteiger partial charge is 0.374 e. The zero-order valence-electron chi connectivity index (χ0n) is 14.4. The third-order valence-electron chi connectivity index (χ3n) is 6.09. The number of anilines is 1. The predicted octanol–water partition coefficient (Wildman–Crippen LogP) is 5.62. The van der Waals surface area contributed by atoms with E-state index < -0.39 is 0 Å². The van der Waals surface area contributed by atoms with E-state index in [1.807, 2.05) is 0 Å². The van der Waals surface area contributed by atoms with E-state index in [1.165, 1.54) is 69.2 Å². The maximum absolute atomic E-state index is 2.53. The normalized spacial score (nSPS) is 25.2. The Labute approximate surface area is 141 Å². The van der Waals surface area contributed by atoms with Crippen LogP contribution in [-0.2, 0) is 6.42 Å². The zero-order valence-corrected chi connectivity index (χ0v) is 14.4. The molecule has 122 valence electrons. The second-order valence-corrected chi connectivity index (χ2v) is 7.65. The van der Waals surface area contributed by atoms with E-state index >= 15 is 0 Å². The molecule has 0 radical (unpaired) electrons. The van der Waals surface area contributed by atoms with E-state index in [9.17, 15) is 0 Å². The molecular formula is C22H29N. The van der Waals surface area contributed by atoms with Crippen LogP contribution in [0.2, 0.25) is 0 Å². The van der Waals surface area contributed by atoms with Gasteiger partial charge in [0.1, 0.15) is 0 Å². The van der Waals surface area contributed by atoms with Crippen molar-refractivity contribution >= 4 is 5.69 Å². The van der Waals surface area contributed by atoms with Crippen molar-refractivity contribution in [1.29, 1.82) is 0 Å². The van der Waals surface area contributed by atoms with E-state index in [-0.39, 0.29) is 0 Å². The van der Waals surface area contributed by atoms with Crippen molar-refractivity contribution in [3.63, 3.8) is 0 Å². The Kier molecular flexibility index (Phi) is 4.29. The molecule has 0 saturated heterocycles. The number of aryl methyl sites for hydroxylation is 1. The summed E-state index contributed by atoms with van der Waals surface area (Å²) in [6, 6.07) is 7.17. The molecule has 1 fully saturated rings. The van der Waals surface area contributed by atoms with E-state index in [2.05, 4.69) is 48.4 Å². The molecule has 0 spiro atoms. The van der Waals surface area contributed by atoms with Gasteiger partial charge in [0.15, 0.2) is 0 Å². The minimum atomic E-state index is 0.583. The van der Waals surface area contributed by atoms with Crippen molar-refractivity contribution in [2.24, 2.45) is 5.92 Å². The summed E-state index contributed by atoms with van der Waals surface area (Å²) in [5, 5.41) is 0. The van der Waals surface area contributed by atoms with E-state index in [1.54, 1.807) is 11.1 Å². The summed E-state index contributed by atoms with van der Waals surface area (Å²) in [6.45, 7) is 1.20. The van der Waals surface area contributed by atoms with E-state index in [4.69, 9.17) is 0 Å². The second kappa shape index (κ2) is 6.55. The standard InChI is InChI=1S/C22H29N/c1-23-15-5-8-21-16-20(13-14-22(21)23)19-11-9-18(10-12-19)17-6-3-2-4-7-17/h9-11,13-14,16-17,19H,2-8,12,15H2,1H3. The van der Waals surface area contributed by atoms with Gasteiger partial charge in [-0.1, -0.05) is 49.6 Å². The van der Waals surface area contributed by atoms with Crippen LogP contribution in [0.15, 0.2) is 42.0 Å². The molecule has 1 unspecified atom stereocenters. The molecule has 1 heterocycles. The van der Waals surface area contributed by atoms with Crippen molar-refractivity contribution in [1.82, 2.24) is 0 Å². The minimum absolute atomic E-state index is 0.583. The number of hydrogen-bond donors (Lipinski definition) is 0. The lowest BCUT2D eigenvalue weighted by atomic mass is 9.79. The van der Waals surface area contributed by atoms with Crippen molar-refractivity contribution in [2.75, 3.05) is 18.5 Å². The summed E-state index contributed by atoms with van der Waals surface area (Å²) in [7, 11) is 2.22. The molecule has 1 atom stereocenters. The molecule has 1 aliphatic heterocycles. The minimum Gasteiger partial charge on any atom is -0.374 e. The number of rotatable bonds is 2. The lowest BCUT2D eigenvalue weighted by Gasteiger charge is -2.29. The SMILES string of the molecule is CN1CCCc2cc(C3C=CC(C4CCCCC4)=CC3)ccc21. The van der Waals surface area contributed by atoms with Gasteiger partial charge in [0.25, 0.3) is 0 Å². The fourth-order valence-corrected chi connectivity index (χ4v) is 4.66. The van der Waals surface area contributed by atoms with Crippen LogP contribution >= 0.6 is 0 Å². The first kappa shape index (κ1) is 15.1. The lowest BCUT2D eigenvalue weighted by Crippen LogP contribution is -2.24. The fraction of sp³-hybridized carbons (Fsp3) is 0.545. The molecular weight excluding hydrogens is 278 g/mol. The fourth-order valence-electron chi connectivity index (χ4n) is 4.66. The molecule has 1 aromatic carbocycles. The Morgan fingerprint density at radius 1 is 1.04 bits per heavy atom. The third-order valence-corrected chi connectivity index (χ3v) is 6.09. The van der Waals surface area contributed by atoms with E-state index in [0.717, 1.165) is 5.92 Å². The number of hydrogen-bond acceptors (Lipinski definition) is 1. The van der Waals surface area contributed by atoms with Crippen molar-refractivity contribution in [3.05, 3.63) is 53.1 Å².